The number of carbonyl (C=O) groups is 1. The van der Waals surface area contributed by atoms with Crippen molar-refractivity contribution in [3.63, 3.8) is 0 Å². The van der Waals surface area contributed by atoms with Crippen molar-refractivity contribution in [2.24, 2.45) is 11.7 Å². The molecule has 8 nitrogen and oxygen atoms in total. The molecule has 0 unspecified atom stereocenters. The summed E-state index contributed by atoms with van der Waals surface area (Å²) in [5.74, 6) is 0.0603. The van der Waals surface area contributed by atoms with Crippen molar-refractivity contribution < 1.29 is 17.9 Å². The van der Waals surface area contributed by atoms with Crippen molar-refractivity contribution in [3.05, 3.63) is 42.2 Å². The van der Waals surface area contributed by atoms with Gasteiger partial charge in [-0.3, -0.25) is 4.79 Å². The van der Waals surface area contributed by atoms with Crippen LogP contribution in [0.4, 0.5) is 0 Å². The standard InChI is InChI=1S/C17H22N4O4S/c1-20(2)26(23,24)11-14-9-25-10-15(14)21-8-7-19-17(21)13-5-3-12(4-6-13)16(18)22/h3-8,14-15H,9-11H2,1-2H3,(H2,18,22)/t14-,15+/m0/s1. The van der Waals surface area contributed by atoms with Crippen LogP contribution in [-0.2, 0) is 14.8 Å². The van der Waals surface area contributed by atoms with E-state index in [1.54, 1.807) is 30.5 Å². The third-order valence-electron chi connectivity index (χ3n) is 4.60. The highest BCUT2D eigenvalue weighted by Crippen LogP contribution is 2.31. The fourth-order valence-corrected chi connectivity index (χ4v) is 4.22. The number of amides is 1. The van der Waals surface area contributed by atoms with Crippen LogP contribution < -0.4 is 5.73 Å². The number of primary amides is 1. The summed E-state index contributed by atoms with van der Waals surface area (Å²) in [6, 6.07) is 6.73. The number of nitrogens with zero attached hydrogens (tertiary/aromatic N) is 3. The Morgan fingerprint density at radius 1 is 1.31 bits per heavy atom. The lowest BCUT2D eigenvalue weighted by atomic mass is 10.1. The molecular weight excluding hydrogens is 356 g/mol. The predicted octanol–water partition coefficient (Wildman–Crippen LogP) is 0.728. The van der Waals surface area contributed by atoms with Crippen LogP contribution >= 0.6 is 0 Å². The van der Waals surface area contributed by atoms with Crippen molar-refractivity contribution in [2.75, 3.05) is 33.1 Å². The van der Waals surface area contributed by atoms with Gasteiger partial charge in [0, 0.05) is 43.5 Å². The molecular formula is C17H22N4O4S. The van der Waals surface area contributed by atoms with Gasteiger partial charge in [0.15, 0.2) is 0 Å². The molecule has 2 atom stereocenters. The van der Waals surface area contributed by atoms with Crippen LogP contribution in [0.1, 0.15) is 16.4 Å². The second-order valence-electron chi connectivity index (χ2n) is 6.53. The Kier molecular flexibility index (Phi) is 5.12. The third-order valence-corrected chi connectivity index (χ3v) is 6.56. The van der Waals surface area contributed by atoms with Gasteiger partial charge in [0.25, 0.3) is 0 Å². The van der Waals surface area contributed by atoms with Crippen LogP contribution in [0.5, 0.6) is 0 Å². The molecule has 0 spiro atoms. The zero-order valence-corrected chi connectivity index (χ0v) is 15.5. The molecule has 1 aromatic carbocycles. The minimum Gasteiger partial charge on any atom is -0.379 e. The molecule has 2 heterocycles. The van der Waals surface area contributed by atoms with E-state index in [0.717, 1.165) is 5.56 Å². The summed E-state index contributed by atoms with van der Waals surface area (Å²) in [5.41, 5.74) is 6.52. The summed E-state index contributed by atoms with van der Waals surface area (Å²) in [4.78, 5) is 15.6. The highest BCUT2D eigenvalue weighted by Gasteiger charge is 2.35. The van der Waals surface area contributed by atoms with Crippen LogP contribution in [0, 0.1) is 5.92 Å². The largest absolute Gasteiger partial charge is 0.379 e. The zero-order valence-electron chi connectivity index (χ0n) is 14.7. The topological polar surface area (TPSA) is 108 Å². The van der Waals surface area contributed by atoms with E-state index in [1.807, 2.05) is 10.8 Å². The van der Waals surface area contributed by atoms with E-state index in [0.29, 0.717) is 24.6 Å². The quantitative estimate of drug-likeness (QED) is 0.797. The lowest BCUT2D eigenvalue weighted by Crippen LogP contribution is -2.32. The second-order valence-corrected chi connectivity index (χ2v) is 8.75. The van der Waals surface area contributed by atoms with E-state index < -0.39 is 15.9 Å². The maximum absolute atomic E-state index is 12.3. The maximum atomic E-state index is 12.3. The van der Waals surface area contributed by atoms with E-state index >= 15 is 0 Å². The SMILES string of the molecule is CN(C)S(=O)(=O)C[C@@H]1COC[C@H]1n1ccnc1-c1ccc(C(N)=O)cc1. The highest BCUT2D eigenvalue weighted by molar-refractivity contribution is 7.89. The van der Waals surface area contributed by atoms with E-state index in [1.165, 1.54) is 18.4 Å². The summed E-state index contributed by atoms with van der Waals surface area (Å²) in [7, 11) is -0.268. The molecule has 2 aromatic rings. The second kappa shape index (κ2) is 7.18. The molecule has 1 aliphatic heterocycles. The lowest BCUT2D eigenvalue weighted by molar-refractivity contribution is 0.100. The molecule has 2 N–H and O–H groups in total. The Labute approximate surface area is 152 Å². The van der Waals surface area contributed by atoms with Gasteiger partial charge in [-0.05, 0) is 12.1 Å². The molecule has 9 heteroatoms. The number of hydrogen-bond donors (Lipinski definition) is 1. The third kappa shape index (κ3) is 3.64. The molecule has 0 bridgehead atoms. The maximum Gasteiger partial charge on any atom is 0.248 e. The number of aromatic nitrogens is 2. The molecule has 1 saturated heterocycles. The zero-order chi connectivity index (χ0) is 18.9. The number of imidazole rings is 1. The van der Waals surface area contributed by atoms with Crippen LogP contribution in [0.3, 0.4) is 0 Å². The van der Waals surface area contributed by atoms with Gasteiger partial charge < -0.3 is 15.0 Å². The van der Waals surface area contributed by atoms with Crippen molar-refractivity contribution in [2.45, 2.75) is 6.04 Å². The van der Waals surface area contributed by atoms with Crippen LogP contribution in [0.25, 0.3) is 11.4 Å². The summed E-state index contributed by atoms with van der Waals surface area (Å²) in [6.07, 6.45) is 3.50. The first-order valence-corrected chi connectivity index (χ1v) is 9.81. The molecule has 1 aliphatic rings. The average Bonchev–Trinajstić information content (AvgIpc) is 3.23. The van der Waals surface area contributed by atoms with Gasteiger partial charge in [-0.2, -0.15) is 0 Å². The first-order valence-electron chi connectivity index (χ1n) is 8.20. The molecule has 140 valence electrons. The first-order chi connectivity index (χ1) is 12.3. The summed E-state index contributed by atoms with van der Waals surface area (Å²) >= 11 is 0. The Morgan fingerprint density at radius 3 is 2.62 bits per heavy atom. The van der Waals surface area contributed by atoms with Gasteiger partial charge in [-0.25, -0.2) is 17.7 Å². The average molecular weight is 378 g/mol. The van der Waals surface area contributed by atoms with Gasteiger partial charge in [-0.15, -0.1) is 0 Å². The number of sulfonamides is 1. The lowest BCUT2D eigenvalue weighted by Gasteiger charge is -2.22. The van der Waals surface area contributed by atoms with E-state index in [-0.39, 0.29) is 17.7 Å². The van der Waals surface area contributed by atoms with Crippen molar-refractivity contribution in [3.8, 4) is 11.4 Å². The number of benzene rings is 1. The van der Waals surface area contributed by atoms with Crippen molar-refractivity contribution in [1.29, 1.82) is 0 Å². The van der Waals surface area contributed by atoms with Gasteiger partial charge in [0.2, 0.25) is 15.9 Å². The number of nitrogens with two attached hydrogens (primary N) is 1. The van der Waals surface area contributed by atoms with Gasteiger partial charge >= 0.3 is 0 Å². The fraction of sp³-hybridized carbons (Fsp3) is 0.412. The van der Waals surface area contributed by atoms with Crippen LogP contribution in [0.15, 0.2) is 36.7 Å². The van der Waals surface area contributed by atoms with Crippen LogP contribution in [-0.4, -0.2) is 61.2 Å². The molecule has 1 amide bonds. The Morgan fingerprint density at radius 2 is 2.00 bits per heavy atom. The van der Waals surface area contributed by atoms with Crippen molar-refractivity contribution in [1.82, 2.24) is 13.9 Å². The molecule has 26 heavy (non-hydrogen) atoms. The smallest absolute Gasteiger partial charge is 0.248 e. The Hall–Kier alpha value is -2.23. The first kappa shape index (κ1) is 18.6. The summed E-state index contributed by atoms with van der Waals surface area (Å²) < 4.78 is 33.3. The molecule has 1 aromatic heterocycles. The Bertz CT molecular complexity index is 890. The number of carbonyl (C=O) groups excluding carboxylic acids is 1. The molecule has 0 saturated carbocycles. The summed E-state index contributed by atoms with van der Waals surface area (Å²) in [6.45, 7) is 0.812. The molecule has 0 radical (unpaired) electrons. The number of ether oxygens (including phenoxy) is 1. The Balaban J connectivity index is 1.88. The fourth-order valence-electron chi connectivity index (χ4n) is 3.06. The van der Waals surface area contributed by atoms with E-state index in [4.69, 9.17) is 10.5 Å². The van der Waals surface area contributed by atoms with E-state index in [9.17, 15) is 13.2 Å². The van der Waals surface area contributed by atoms with Crippen molar-refractivity contribution >= 4 is 15.9 Å². The van der Waals surface area contributed by atoms with Gasteiger partial charge in [0.1, 0.15) is 5.82 Å². The normalized spacial score (nSPS) is 20.6. The molecule has 1 fully saturated rings. The summed E-state index contributed by atoms with van der Waals surface area (Å²) in [5, 5.41) is 0. The van der Waals surface area contributed by atoms with Gasteiger partial charge in [0.05, 0.1) is 25.0 Å². The van der Waals surface area contributed by atoms with Gasteiger partial charge in [-0.1, -0.05) is 12.1 Å². The molecule has 3 rings (SSSR count). The minimum absolute atomic E-state index is 0.0168. The predicted molar refractivity (Wildman–Crippen MR) is 97.0 cm³/mol. The monoisotopic (exact) mass is 378 g/mol. The van der Waals surface area contributed by atoms with Crippen LogP contribution in [0.2, 0.25) is 0 Å². The molecule has 0 aliphatic carbocycles. The number of rotatable bonds is 6. The number of hydrogen-bond acceptors (Lipinski definition) is 5. The van der Waals surface area contributed by atoms with E-state index in [2.05, 4.69) is 4.98 Å². The highest BCUT2D eigenvalue weighted by atomic mass is 32.2. The minimum atomic E-state index is -3.33.